The van der Waals surface area contributed by atoms with Crippen molar-refractivity contribution in [2.24, 2.45) is 0 Å². The number of aromatic nitrogens is 1. The van der Waals surface area contributed by atoms with E-state index in [0.717, 1.165) is 23.1 Å². The molecule has 0 atom stereocenters. The molecule has 0 saturated heterocycles. The summed E-state index contributed by atoms with van der Waals surface area (Å²) in [4.78, 5) is 0. The van der Waals surface area contributed by atoms with Crippen molar-refractivity contribution in [1.29, 1.82) is 0 Å². The SMILES string of the molecule is [O-][n+]1cccc([C]=CCCc2ccccc2)c1. The molecular formula is C15H14NO. The van der Waals surface area contributed by atoms with Crippen LogP contribution in [0.3, 0.4) is 0 Å². The normalized spacial score (nSPS) is 10.8. The number of hydrogen-bond acceptors (Lipinski definition) is 1. The summed E-state index contributed by atoms with van der Waals surface area (Å²) in [5.41, 5.74) is 2.13. The molecule has 0 bridgehead atoms. The first kappa shape index (κ1) is 11.4. The van der Waals surface area contributed by atoms with Crippen LogP contribution in [0.15, 0.2) is 60.9 Å². The molecule has 0 aliphatic heterocycles. The summed E-state index contributed by atoms with van der Waals surface area (Å²) >= 11 is 0. The highest BCUT2D eigenvalue weighted by atomic mass is 16.5. The number of hydrogen-bond donors (Lipinski definition) is 0. The molecule has 1 heterocycles. The minimum atomic E-state index is 0.785. The second-order valence-electron chi connectivity index (χ2n) is 3.83. The van der Waals surface area contributed by atoms with Gasteiger partial charge in [0.05, 0.1) is 0 Å². The molecule has 1 aromatic heterocycles. The van der Waals surface area contributed by atoms with E-state index >= 15 is 0 Å². The predicted octanol–water partition coefficient (Wildman–Crippen LogP) is 2.66. The smallest absolute Gasteiger partial charge is 0.188 e. The van der Waals surface area contributed by atoms with Gasteiger partial charge in [0.1, 0.15) is 0 Å². The summed E-state index contributed by atoms with van der Waals surface area (Å²) < 4.78 is 0.785. The molecule has 2 heteroatoms. The Balaban J connectivity index is 1.86. The van der Waals surface area contributed by atoms with Gasteiger partial charge in [0.15, 0.2) is 12.4 Å². The number of aryl methyl sites for hydroxylation is 1. The van der Waals surface area contributed by atoms with E-state index in [1.165, 1.54) is 18.0 Å². The van der Waals surface area contributed by atoms with E-state index in [4.69, 9.17) is 0 Å². The zero-order chi connectivity index (χ0) is 11.9. The molecule has 0 fully saturated rings. The molecule has 2 rings (SSSR count). The van der Waals surface area contributed by atoms with E-state index in [-0.39, 0.29) is 0 Å². The second-order valence-corrected chi connectivity index (χ2v) is 3.83. The molecule has 2 nitrogen and oxygen atoms in total. The van der Waals surface area contributed by atoms with Gasteiger partial charge in [0.25, 0.3) is 0 Å². The number of allylic oxidation sites excluding steroid dienone is 1. The molecule has 0 amide bonds. The summed E-state index contributed by atoms with van der Waals surface area (Å²) in [5.74, 6) is 0. The number of rotatable bonds is 4. The molecular weight excluding hydrogens is 210 g/mol. The van der Waals surface area contributed by atoms with Gasteiger partial charge in [-0.05, 0) is 30.5 Å². The van der Waals surface area contributed by atoms with Crippen LogP contribution in [0, 0.1) is 11.3 Å². The van der Waals surface area contributed by atoms with Crippen molar-refractivity contribution in [2.75, 3.05) is 0 Å². The van der Waals surface area contributed by atoms with E-state index in [1.807, 2.05) is 30.3 Å². The fourth-order valence-electron chi connectivity index (χ4n) is 1.61. The lowest BCUT2D eigenvalue weighted by atomic mass is 10.1. The van der Waals surface area contributed by atoms with Gasteiger partial charge >= 0.3 is 0 Å². The number of nitrogens with zero attached hydrogens (tertiary/aromatic N) is 1. The minimum Gasteiger partial charge on any atom is -0.619 e. The maximum atomic E-state index is 11.0. The predicted molar refractivity (Wildman–Crippen MR) is 67.1 cm³/mol. The van der Waals surface area contributed by atoms with Crippen molar-refractivity contribution in [1.82, 2.24) is 0 Å². The van der Waals surface area contributed by atoms with Crippen molar-refractivity contribution in [2.45, 2.75) is 12.8 Å². The number of benzene rings is 1. The van der Waals surface area contributed by atoms with Crippen LogP contribution < -0.4 is 4.73 Å². The fraction of sp³-hybridized carbons (Fsp3) is 0.133. The van der Waals surface area contributed by atoms with Crippen LogP contribution in [0.2, 0.25) is 0 Å². The van der Waals surface area contributed by atoms with Crippen LogP contribution in [-0.4, -0.2) is 0 Å². The van der Waals surface area contributed by atoms with Crippen molar-refractivity contribution in [3.05, 3.63) is 83.3 Å². The Morgan fingerprint density at radius 1 is 1.12 bits per heavy atom. The number of pyridine rings is 1. The van der Waals surface area contributed by atoms with E-state index in [9.17, 15) is 5.21 Å². The van der Waals surface area contributed by atoms with Crippen molar-refractivity contribution in [3.8, 4) is 0 Å². The van der Waals surface area contributed by atoms with Gasteiger partial charge in [-0.15, -0.1) is 0 Å². The van der Waals surface area contributed by atoms with Gasteiger partial charge in [0, 0.05) is 11.6 Å². The molecule has 0 aliphatic carbocycles. The van der Waals surface area contributed by atoms with Gasteiger partial charge in [0.2, 0.25) is 0 Å². The van der Waals surface area contributed by atoms with Crippen LogP contribution in [-0.2, 0) is 6.42 Å². The average Bonchev–Trinajstić information content (AvgIpc) is 2.36. The molecule has 0 aliphatic rings. The third kappa shape index (κ3) is 3.76. The first-order valence-corrected chi connectivity index (χ1v) is 5.65. The topological polar surface area (TPSA) is 26.9 Å². The standard InChI is InChI=1S/C15H14NO/c17-16-12-6-11-15(13-16)10-5-4-9-14-7-2-1-3-8-14/h1-3,5-8,11-13H,4,9H2. The van der Waals surface area contributed by atoms with Crippen LogP contribution in [0.5, 0.6) is 0 Å². The Hall–Kier alpha value is -2.09. The molecule has 17 heavy (non-hydrogen) atoms. The molecule has 1 radical (unpaired) electrons. The Morgan fingerprint density at radius 2 is 1.94 bits per heavy atom. The first-order chi connectivity index (χ1) is 8.34. The molecule has 2 aromatic rings. The van der Waals surface area contributed by atoms with E-state index in [0.29, 0.717) is 0 Å². The largest absolute Gasteiger partial charge is 0.619 e. The third-order valence-electron chi connectivity index (χ3n) is 2.46. The van der Waals surface area contributed by atoms with E-state index in [1.54, 1.807) is 6.07 Å². The van der Waals surface area contributed by atoms with Gasteiger partial charge in [-0.1, -0.05) is 36.4 Å². The highest BCUT2D eigenvalue weighted by molar-refractivity contribution is 5.17. The second kappa shape index (κ2) is 5.85. The zero-order valence-electron chi connectivity index (χ0n) is 9.54. The molecule has 0 unspecified atom stereocenters. The van der Waals surface area contributed by atoms with Crippen molar-refractivity contribution < 1.29 is 4.73 Å². The van der Waals surface area contributed by atoms with Gasteiger partial charge in [-0.3, -0.25) is 0 Å². The molecule has 0 saturated carbocycles. The third-order valence-corrected chi connectivity index (χ3v) is 2.46. The van der Waals surface area contributed by atoms with Crippen LogP contribution in [0.4, 0.5) is 0 Å². The molecule has 85 valence electrons. The summed E-state index contributed by atoms with van der Waals surface area (Å²) in [6.07, 6.45) is 9.99. The Bertz CT molecular complexity index is 491. The molecule has 0 N–H and O–H groups in total. The van der Waals surface area contributed by atoms with Gasteiger partial charge in [-0.2, -0.15) is 4.73 Å². The maximum Gasteiger partial charge on any atom is 0.188 e. The molecule has 1 aromatic carbocycles. The summed E-state index contributed by atoms with van der Waals surface area (Å²) in [7, 11) is 0. The summed E-state index contributed by atoms with van der Waals surface area (Å²) in [6, 6.07) is 13.9. The van der Waals surface area contributed by atoms with Crippen molar-refractivity contribution in [3.63, 3.8) is 0 Å². The summed E-state index contributed by atoms with van der Waals surface area (Å²) in [6.45, 7) is 0. The zero-order valence-corrected chi connectivity index (χ0v) is 9.54. The summed E-state index contributed by atoms with van der Waals surface area (Å²) in [5, 5.41) is 11.0. The first-order valence-electron chi connectivity index (χ1n) is 5.65. The molecule has 0 spiro atoms. The van der Waals surface area contributed by atoms with Crippen molar-refractivity contribution >= 4 is 0 Å². The van der Waals surface area contributed by atoms with Crippen LogP contribution >= 0.6 is 0 Å². The lowest BCUT2D eigenvalue weighted by molar-refractivity contribution is -0.605. The van der Waals surface area contributed by atoms with Gasteiger partial charge in [-0.25, -0.2) is 0 Å². The highest BCUT2D eigenvalue weighted by Crippen LogP contribution is 2.03. The average molecular weight is 224 g/mol. The Labute approximate surface area is 101 Å². The Morgan fingerprint density at radius 3 is 2.71 bits per heavy atom. The minimum absolute atomic E-state index is 0.785. The van der Waals surface area contributed by atoms with E-state index in [2.05, 4.69) is 18.2 Å². The van der Waals surface area contributed by atoms with Gasteiger partial charge < -0.3 is 5.21 Å². The maximum absolute atomic E-state index is 11.0. The quantitative estimate of drug-likeness (QED) is 0.579. The lowest BCUT2D eigenvalue weighted by Gasteiger charge is -1.97. The lowest BCUT2D eigenvalue weighted by Crippen LogP contribution is -2.24. The van der Waals surface area contributed by atoms with Crippen LogP contribution in [0.1, 0.15) is 17.5 Å². The highest BCUT2D eigenvalue weighted by Gasteiger charge is 1.92. The van der Waals surface area contributed by atoms with E-state index < -0.39 is 0 Å². The van der Waals surface area contributed by atoms with Crippen LogP contribution in [0.25, 0.3) is 0 Å². The monoisotopic (exact) mass is 224 g/mol. The fourth-order valence-corrected chi connectivity index (χ4v) is 1.61. The Kier molecular flexibility index (Phi) is 3.92.